The smallest absolute Gasteiger partial charge is 0.316 e. The van der Waals surface area contributed by atoms with E-state index in [4.69, 9.17) is 16.2 Å². The molecule has 0 unspecified atom stereocenters. The van der Waals surface area contributed by atoms with Crippen molar-refractivity contribution in [2.24, 2.45) is 11.5 Å². The molecule has 1 aromatic carbocycles. The van der Waals surface area contributed by atoms with Gasteiger partial charge in [-0.05, 0) is 19.1 Å². The Hall–Kier alpha value is -3.47. The zero-order valence-corrected chi connectivity index (χ0v) is 16.4. The van der Waals surface area contributed by atoms with E-state index in [-0.39, 0.29) is 40.9 Å². The molecule has 0 saturated heterocycles. The summed E-state index contributed by atoms with van der Waals surface area (Å²) < 4.78 is 4.83. The summed E-state index contributed by atoms with van der Waals surface area (Å²) in [7, 11) is 0. The third-order valence-corrected chi connectivity index (χ3v) is 4.56. The fourth-order valence-electron chi connectivity index (χ4n) is 2.42. The normalized spacial score (nSPS) is 10.2. The zero-order valence-electron chi connectivity index (χ0n) is 15.6. The van der Waals surface area contributed by atoms with Gasteiger partial charge in [0.05, 0.1) is 35.1 Å². The summed E-state index contributed by atoms with van der Waals surface area (Å²) in [5, 5.41) is 5.54. The Morgan fingerprint density at radius 3 is 2.31 bits per heavy atom. The molecule has 0 saturated carbocycles. The molecule has 0 aliphatic heterocycles. The van der Waals surface area contributed by atoms with E-state index in [1.807, 2.05) is 18.2 Å². The molecular weight excluding hydrogens is 398 g/mol. The maximum absolute atomic E-state index is 12.3. The van der Waals surface area contributed by atoms with Gasteiger partial charge in [0.1, 0.15) is 5.82 Å². The van der Waals surface area contributed by atoms with Crippen molar-refractivity contribution in [1.29, 1.82) is 0 Å². The van der Waals surface area contributed by atoms with Crippen molar-refractivity contribution >= 4 is 47.0 Å². The van der Waals surface area contributed by atoms with Crippen molar-refractivity contribution in [1.82, 2.24) is 4.98 Å². The van der Waals surface area contributed by atoms with Crippen LogP contribution in [0, 0.1) is 0 Å². The number of hydrogen-bond acceptors (Lipinski definition) is 7. The third kappa shape index (κ3) is 6.01. The molecule has 7 N–H and O–H groups in total. The minimum atomic E-state index is -0.954. The van der Waals surface area contributed by atoms with E-state index in [1.165, 1.54) is 0 Å². The van der Waals surface area contributed by atoms with Crippen molar-refractivity contribution in [3.05, 3.63) is 41.5 Å². The summed E-state index contributed by atoms with van der Waals surface area (Å²) in [6, 6.07) is 9.02. The molecule has 0 aliphatic rings. The van der Waals surface area contributed by atoms with Gasteiger partial charge in [0.25, 0.3) is 11.8 Å². The number of hydrogen-bond donors (Lipinski definition) is 5. The number of primary amides is 2. The Morgan fingerprint density at radius 2 is 1.72 bits per heavy atom. The molecule has 0 fully saturated rings. The van der Waals surface area contributed by atoms with E-state index in [2.05, 4.69) is 15.6 Å². The number of nitrogens with one attached hydrogen (secondary N) is 3. The molecule has 29 heavy (non-hydrogen) atoms. The topological polar surface area (TPSA) is 169 Å². The number of thioether (sulfide) groups is 1. The average Bonchev–Trinajstić information content (AvgIpc) is 3.04. The number of esters is 1. The van der Waals surface area contributed by atoms with Gasteiger partial charge in [-0.2, -0.15) is 0 Å². The van der Waals surface area contributed by atoms with Crippen molar-refractivity contribution in [3.63, 3.8) is 0 Å². The molecule has 0 spiro atoms. The second-order valence-corrected chi connectivity index (χ2v) is 6.65. The van der Waals surface area contributed by atoms with Gasteiger partial charge in [0, 0.05) is 5.69 Å². The maximum Gasteiger partial charge on any atom is 0.316 e. The molecule has 0 bridgehead atoms. The molecule has 154 valence electrons. The number of ether oxygens (including phenoxy) is 1. The molecule has 3 amide bonds. The summed E-state index contributed by atoms with van der Waals surface area (Å²) in [6.45, 7) is 1.77. The van der Waals surface area contributed by atoms with Gasteiger partial charge in [0.2, 0.25) is 5.91 Å². The first-order chi connectivity index (χ1) is 13.8. The van der Waals surface area contributed by atoms with E-state index in [1.54, 1.807) is 19.1 Å². The lowest BCUT2D eigenvalue weighted by molar-refractivity contribution is -0.139. The molecule has 2 aromatic rings. The van der Waals surface area contributed by atoms with Crippen molar-refractivity contribution in [2.45, 2.75) is 11.9 Å². The van der Waals surface area contributed by atoms with E-state index >= 15 is 0 Å². The number of carbonyl (C=O) groups excluding carboxylic acids is 4. The number of para-hydroxylation sites is 1. The molecule has 1 heterocycles. The van der Waals surface area contributed by atoms with Gasteiger partial charge in [-0.3, -0.25) is 19.2 Å². The van der Waals surface area contributed by atoms with E-state index < -0.39 is 23.7 Å². The number of anilines is 2. The van der Waals surface area contributed by atoms with Crippen molar-refractivity contribution in [3.8, 4) is 0 Å². The molecule has 10 nitrogen and oxygen atoms in total. The van der Waals surface area contributed by atoms with Crippen LogP contribution in [0.1, 0.15) is 27.6 Å². The van der Waals surface area contributed by atoms with Crippen LogP contribution in [0.5, 0.6) is 0 Å². The summed E-state index contributed by atoms with van der Waals surface area (Å²) in [5.41, 5.74) is 11.0. The predicted molar refractivity (Wildman–Crippen MR) is 109 cm³/mol. The molecular formula is C18H21N5O5S. The van der Waals surface area contributed by atoms with E-state index in [9.17, 15) is 19.2 Å². The van der Waals surface area contributed by atoms with Gasteiger partial charge in [0.15, 0.2) is 0 Å². The summed E-state index contributed by atoms with van der Waals surface area (Å²) >= 11 is 0.908. The lowest BCUT2D eigenvalue weighted by Gasteiger charge is -2.07. The Balaban J connectivity index is 2.19. The molecule has 11 heteroatoms. The highest BCUT2D eigenvalue weighted by molar-refractivity contribution is 8.00. The molecule has 0 aliphatic carbocycles. The molecule has 0 radical (unpaired) electrons. The van der Waals surface area contributed by atoms with Crippen LogP contribution < -0.4 is 22.1 Å². The van der Waals surface area contributed by atoms with Gasteiger partial charge in [-0.1, -0.05) is 30.0 Å². The standard InChI is InChI=1S/C18H21N5O5S/c1-2-28-12(25)9-29-18-14(16(20)27)13(15(19)26)17(23-18)22-11(24)8-21-10-6-4-3-5-7-10/h3-7,21,23H,2,8-9H2,1H3,(H2,19,26)(H2,20,27)(H,22,24). The van der Waals surface area contributed by atoms with Crippen LogP contribution in [0.2, 0.25) is 0 Å². The Bertz CT molecular complexity index is 913. The van der Waals surface area contributed by atoms with Gasteiger partial charge in [-0.15, -0.1) is 0 Å². The first-order valence-electron chi connectivity index (χ1n) is 8.56. The number of carbonyl (C=O) groups is 4. The number of rotatable bonds is 10. The third-order valence-electron chi connectivity index (χ3n) is 3.59. The van der Waals surface area contributed by atoms with E-state index in [0.29, 0.717) is 0 Å². The lowest BCUT2D eigenvalue weighted by atomic mass is 10.1. The van der Waals surface area contributed by atoms with Crippen molar-refractivity contribution in [2.75, 3.05) is 29.5 Å². The van der Waals surface area contributed by atoms with Gasteiger partial charge >= 0.3 is 5.97 Å². The van der Waals surface area contributed by atoms with Crippen LogP contribution in [0.4, 0.5) is 11.5 Å². The van der Waals surface area contributed by atoms with Crippen LogP contribution in [0.3, 0.4) is 0 Å². The molecule has 2 rings (SSSR count). The predicted octanol–water partition coefficient (Wildman–Crippen LogP) is 0.918. The Kier molecular flexibility index (Phi) is 7.66. The second kappa shape index (κ2) is 10.2. The number of H-pyrrole nitrogens is 1. The first kappa shape index (κ1) is 21.8. The maximum atomic E-state index is 12.3. The molecule has 0 atom stereocenters. The van der Waals surface area contributed by atoms with Crippen LogP contribution >= 0.6 is 11.8 Å². The number of aromatic amines is 1. The second-order valence-electron chi connectivity index (χ2n) is 5.67. The minimum absolute atomic E-state index is 0.0717. The highest BCUT2D eigenvalue weighted by atomic mass is 32.2. The summed E-state index contributed by atoms with van der Waals surface area (Å²) in [6.07, 6.45) is 0. The van der Waals surface area contributed by atoms with Crippen LogP contribution in [0.15, 0.2) is 35.4 Å². The highest BCUT2D eigenvalue weighted by Crippen LogP contribution is 2.30. The fourth-order valence-corrected chi connectivity index (χ4v) is 3.28. The van der Waals surface area contributed by atoms with Crippen LogP contribution in [-0.4, -0.2) is 47.6 Å². The van der Waals surface area contributed by atoms with Crippen LogP contribution in [-0.2, 0) is 14.3 Å². The zero-order chi connectivity index (χ0) is 21.4. The largest absolute Gasteiger partial charge is 0.465 e. The monoisotopic (exact) mass is 419 g/mol. The summed E-state index contributed by atoms with van der Waals surface area (Å²) in [5.74, 6) is -3.09. The first-order valence-corrected chi connectivity index (χ1v) is 9.54. The summed E-state index contributed by atoms with van der Waals surface area (Å²) in [4.78, 5) is 50.3. The number of benzene rings is 1. The van der Waals surface area contributed by atoms with Crippen LogP contribution in [0.25, 0.3) is 0 Å². The lowest BCUT2D eigenvalue weighted by Crippen LogP contribution is -2.25. The quantitative estimate of drug-likeness (QED) is 0.281. The molecule has 1 aromatic heterocycles. The Morgan fingerprint density at radius 1 is 1.07 bits per heavy atom. The number of aromatic nitrogens is 1. The Labute approximate surface area is 170 Å². The average molecular weight is 419 g/mol. The minimum Gasteiger partial charge on any atom is -0.465 e. The fraction of sp³-hybridized carbons (Fsp3) is 0.222. The SMILES string of the molecule is CCOC(=O)CSc1[nH]c(NC(=O)CNc2ccccc2)c(C(N)=O)c1C(N)=O. The van der Waals surface area contributed by atoms with Gasteiger partial charge in [-0.25, -0.2) is 0 Å². The van der Waals surface area contributed by atoms with Crippen molar-refractivity contribution < 1.29 is 23.9 Å². The van der Waals surface area contributed by atoms with E-state index in [0.717, 1.165) is 17.4 Å². The number of nitrogens with two attached hydrogens (primary N) is 2. The van der Waals surface area contributed by atoms with Gasteiger partial charge < -0.3 is 31.8 Å². The highest BCUT2D eigenvalue weighted by Gasteiger charge is 2.27. The number of amides is 3.